The van der Waals surface area contributed by atoms with E-state index in [4.69, 9.17) is 0 Å². The molecule has 1 fully saturated rings. The highest BCUT2D eigenvalue weighted by Crippen LogP contribution is 2.22. The minimum atomic E-state index is -0.0181. The molecule has 1 atom stereocenters. The first-order chi connectivity index (χ1) is 14.5. The number of piperidine rings is 1. The summed E-state index contributed by atoms with van der Waals surface area (Å²) in [5, 5.41) is 8.79. The van der Waals surface area contributed by atoms with Crippen molar-refractivity contribution in [3.63, 3.8) is 0 Å². The second-order valence-electron chi connectivity index (χ2n) is 8.35. The molecule has 0 amide bonds. The van der Waals surface area contributed by atoms with E-state index in [1.165, 1.54) is 5.56 Å². The van der Waals surface area contributed by atoms with E-state index < -0.39 is 0 Å². The molecular formula is C23H30N6O. The number of likely N-dealkylation sites (tertiary alicyclic amines) is 1. The van der Waals surface area contributed by atoms with Crippen molar-refractivity contribution in [2.75, 3.05) is 25.0 Å². The van der Waals surface area contributed by atoms with Crippen LogP contribution in [-0.2, 0) is 6.54 Å². The molecule has 30 heavy (non-hydrogen) atoms. The monoisotopic (exact) mass is 406 g/mol. The number of aromatic nitrogens is 4. The van der Waals surface area contributed by atoms with E-state index in [-0.39, 0.29) is 11.6 Å². The third-order valence-electron chi connectivity index (χ3n) is 5.93. The van der Waals surface area contributed by atoms with Crippen LogP contribution in [0.25, 0.3) is 5.69 Å². The zero-order chi connectivity index (χ0) is 21.1. The highest BCUT2D eigenvalue weighted by Gasteiger charge is 2.23. The van der Waals surface area contributed by atoms with Gasteiger partial charge in [0.15, 0.2) is 0 Å². The Hall–Kier alpha value is -2.93. The lowest BCUT2D eigenvalue weighted by atomic mass is 10.0. The smallest absolute Gasteiger partial charge is 0.269 e. The third kappa shape index (κ3) is 4.46. The van der Waals surface area contributed by atoms with Gasteiger partial charge in [0.25, 0.3) is 5.56 Å². The summed E-state index contributed by atoms with van der Waals surface area (Å²) in [7, 11) is 1.99. The van der Waals surface area contributed by atoms with Crippen LogP contribution < -0.4 is 10.5 Å². The zero-order valence-electron chi connectivity index (χ0n) is 18.0. The molecular weight excluding hydrogens is 376 g/mol. The van der Waals surface area contributed by atoms with Crippen molar-refractivity contribution < 1.29 is 0 Å². The number of rotatable bonds is 6. The molecule has 1 aromatic carbocycles. The van der Waals surface area contributed by atoms with Crippen LogP contribution in [0.4, 0.5) is 5.69 Å². The largest absolute Gasteiger partial charge is 0.371 e. The van der Waals surface area contributed by atoms with Crippen LogP contribution in [0.1, 0.15) is 38.3 Å². The first kappa shape index (κ1) is 20.3. The van der Waals surface area contributed by atoms with Gasteiger partial charge in [0.1, 0.15) is 0 Å². The summed E-state index contributed by atoms with van der Waals surface area (Å²) in [5.41, 5.74) is 3.18. The summed E-state index contributed by atoms with van der Waals surface area (Å²) in [6.45, 7) is 6.96. The van der Waals surface area contributed by atoms with Crippen molar-refractivity contribution in [2.45, 2.75) is 45.3 Å². The quantitative estimate of drug-likeness (QED) is 0.630. The predicted octanol–water partition coefficient (Wildman–Crippen LogP) is 3.11. The summed E-state index contributed by atoms with van der Waals surface area (Å²) < 4.78 is 3.53. The lowest BCUT2D eigenvalue weighted by Gasteiger charge is -2.33. The Kier molecular flexibility index (Phi) is 5.99. The molecule has 7 heteroatoms. The van der Waals surface area contributed by atoms with Gasteiger partial charge in [-0.2, -0.15) is 10.2 Å². The molecule has 0 aliphatic carbocycles. The maximum Gasteiger partial charge on any atom is 0.269 e. The van der Waals surface area contributed by atoms with Crippen molar-refractivity contribution in [1.82, 2.24) is 24.5 Å². The maximum absolute atomic E-state index is 12.7. The minimum Gasteiger partial charge on any atom is -0.371 e. The zero-order valence-corrected chi connectivity index (χ0v) is 18.0. The van der Waals surface area contributed by atoms with E-state index >= 15 is 0 Å². The van der Waals surface area contributed by atoms with Gasteiger partial charge >= 0.3 is 0 Å². The van der Waals surface area contributed by atoms with Gasteiger partial charge in [0.05, 0.1) is 23.6 Å². The molecule has 4 rings (SSSR count). The SMILES string of the molecule is CC(C)N(C)c1cnn([C@H]2CCCN(Cc3ccc(-n4cccn4)cc3)C2)c(=O)c1. The summed E-state index contributed by atoms with van der Waals surface area (Å²) in [4.78, 5) is 17.2. The van der Waals surface area contributed by atoms with Crippen molar-refractivity contribution >= 4 is 5.69 Å². The molecule has 0 N–H and O–H groups in total. The van der Waals surface area contributed by atoms with Gasteiger partial charge in [-0.3, -0.25) is 9.69 Å². The van der Waals surface area contributed by atoms with Gasteiger partial charge in [-0.05, 0) is 57.0 Å². The number of benzene rings is 1. The van der Waals surface area contributed by atoms with Crippen LogP contribution in [-0.4, -0.2) is 50.6 Å². The first-order valence-corrected chi connectivity index (χ1v) is 10.6. The molecule has 2 aromatic heterocycles. The Bertz CT molecular complexity index is 1010. The van der Waals surface area contributed by atoms with Crippen LogP contribution in [0, 0.1) is 0 Å². The standard InChI is InChI=1S/C23H30N6O/c1-18(2)26(3)22-14-23(30)29(25-15-22)21-6-4-12-27(17-21)16-19-7-9-20(10-8-19)28-13-5-11-24-28/h5,7-11,13-15,18,21H,4,6,12,16-17H2,1-3H3/t21-/m0/s1. The van der Waals surface area contributed by atoms with E-state index in [1.807, 2.05) is 30.2 Å². The summed E-state index contributed by atoms with van der Waals surface area (Å²) in [5.74, 6) is 0. The van der Waals surface area contributed by atoms with Crippen LogP contribution in [0.15, 0.2) is 59.8 Å². The molecule has 0 radical (unpaired) electrons. The summed E-state index contributed by atoms with van der Waals surface area (Å²) >= 11 is 0. The van der Waals surface area contributed by atoms with E-state index in [2.05, 4.69) is 58.1 Å². The van der Waals surface area contributed by atoms with Crippen molar-refractivity contribution in [2.24, 2.45) is 0 Å². The molecule has 1 aliphatic rings. The molecule has 158 valence electrons. The van der Waals surface area contributed by atoms with Gasteiger partial charge < -0.3 is 4.90 Å². The molecule has 3 heterocycles. The van der Waals surface area contributed by atoms with Crippen molar-refractivity contribution in [3.8, 4) is 5.69 Å². The van der Waals surface area contributed by atoms with Gasteiger partial charge in [0, 0.05) is 44.6 Å². The lowest BCUT2D eigenvalue weighted by Crippen LogP contribution is -2.40. The third-order valence-corrected chi connectivity index (χ3v) is 5.93. The number of hydrogen-bond donors (Lipinski definition) is 0. The van der Waals surface area contributed by atoms with E-state index in [0.29, 0.717) is 6.04 Å². The molecule has 0 bridgehead atoms. The fourth-order valence-corrected chi connectivity index (χ4v) is 3.98. The summed E-state index contributed by atoms with van der Waals surface area (Å²) in [6.07, 6.45) is 7.59. The van der Waals surface area contributed by atoms with Gasteiger partial charge in [-0.15, -0.1) is 0 Å². The minimum absolute atomic E-state index is 0.0181. The summed E-state index contributed by atoms with van der Waals surface area (Å²) in [6, 6.07) is 12.6. The fraction of sp³-hybridized carbons (Fsp3) is 0.435. The van der Waals surface area contributed by atoms with E-state index in [1.54, 1.807) is 16.9 Å². The van der Waals surface area contributed by atoms with Crippen LogP contribution in [0.5, 0.6) is 0 Å². The van der Waals surface area contributed by atoms with E-state index in [9.17, 15) is 4.79 Å². The van der Waals surface area contributed by atoms with Gasteiger partial charge in [0.2, 0.25) is 0 Å². The Labute approximate surface area is 177 Å². The van der Waals surface area contributed by atoms with Crippen LogP contribution >= 0.6 is 0 Å². The molecule has 1 aliphatic heterocycles. The number of nitrogens with zero attached hydrogens (tertiary/aromatic N) is 6. The molecule has 0 spiro atoms. The Morgan fingerprint density at radius 2 is 2.00 bits per heavy atom. The van der Waals surface area contributed by atoms with Gasteiger partial charge in [-0.1, -0.05) is 12.1 Å². The van der Waals surface area contributed by atoms with Crippen molar-refractivity contribution in [3.05, 3.63) is 70.9 Å². The Morgan fingerprint density at radius 1 is 1.20 bits per heavy atom. The lowest BCUT2D eigenvalue weighted by molar-refractivity contribution is 0.160. The van der Waals surface area contributed by atoms with E-state index in [0.717, 1.165) is 43.9 Å². The molecule has 7 nitrogen and oxygen atoms in total. The molecule has 3 aromatic rings. The topological polar surface area (TPSA) is 59.2 Å². The second kappa shape index (κ2) is 8.83. The average molecular weight is 407 g/mol. The second-order valence-corrected chi connectivity index (χ2v) is 8.35. The molecule has 1 saturated heterocycles. The highest BCUT2D eigenvalue weighted by molar-refractivity contribution is 5.42. The fourth-order valence-electron chi connectivity index (χ4n) is 3.98. The molecule has 0 unspecified atom stereocenters. The van der Waals surface area contributed by atoms with Crippen molar-refractivity contribution in [1.29, 1.82) is 0 Å². The highest BCUT2D eigenvalue weighted by atomic mass is 16.1. The normalized spacial score (nSPS) is 17.4. The number of hydrogen-bond acceptors (Lipinski definition) is 5. The number of anilines is 1. The predicted molar refractivity (Wildman–Crippen MR) is 119 cm³/mol. The van der Waals surface area contributed by atoms with Crippen LogP contribution in [0.3, 0.4) is 0 Å². The van der Waals surface area contributed by atoms with Gasteiger partial charge in [-0.25, -0.2) is 9.36 Å². The van der Waals surface area contributed by atoms with Crippen LogP contribution in [0.2, 0.25) is 0 Å². The Morgan fingerprint density at radius 3 is 2.67 bits per heavy atom. The average Bonchev–Trinajstić information content (AvgIpc) is 3.29. The maximum atomic E-state index is 12.7. The Balaban J connectivity index is 1.43. The molecule has 0 saturated carbocycles. The first-order valence-electron chi connectivity index (χ1n) is 10.6.